The molecule has 0 aromatic rings. The van der Waals surface area contributed by atoms with Gasteiger partial charge in [-0.15, -0.1) is 0 Å². The summed E-state index contributed by atoms with van der Waals surface area (Å²) in [6.45, 7) is 8.45. The molecule has 138 valence electrons. The van der Waals surface area contributed by atoms with Gasteiger partial charge in [-0.05, 0) is 39.2 Å². The van der Waals surface area contributed by atoms with Crippen LogP contribution in [-0.2, 0) is 19.1 Å². The third kappa shape index (κ3) is 4.09. The Morgan fingerprint density at radius 2 is 2.00 bits per heavy atom. The number of nitrogens with one attached hydrogen (secondary N) is 1. The molecule has 0 radical (unpaired) electrons. The van der Waals surface area contributed by atoms with E-state index in [1.807, 2.05) is 6.92 Å². The maximum atomic E-state index is 12.7. The highest BCUT2D eigenvalue weighted by atomic mass is 16.5. The highest BCUT2D eigenvalue weighted by molar-refractivity contribution is 5.96. The lowest BCUT2D eigenvalue weighted by Crippen LogP contribution is -2.75. The number of likely N-dealkylation sites (tertiary alicyclic amines) is 1. The Morgan fingerprint density at radius 3 is 2.58 bits per heavy atom. The van der Waals surface area contributed by atoms with Crippen LogP contribution in [0.4, 0.5) is 0 Å². The molecular formula is C18H32N2O4. The molecule has 0 aliphatic carbocycles. The standard InChI is InChI=1S/C18H32N2O4/c1-4-6-11-23-14(3)15(16(21)24-12-7-5-2)20-13-18(17(20)22)9-8-10-19-18/h14-15,19H,4-13H2,1-3H3/t14-,15+,18-/m1/s1. The van der Waals surface area contributed by atoms with Crippen molar-refractivity contribution in [1.29, 1.82) is 0 Å². The minimum Gasteiger partial charge on any atom is -0.464 e. The van der Waals surface area contributed by atoms with Crippen molar-refractivity contribution in [2.75, 3.05) is 26.3 Å². The summed E-state index contributed by atoms with van der Waals surface area (Å²) in [5.74, 6) is -0.322. The number of esters is 1. The molecule has 0 saturated carbocycles. The predicted molar refractivity (Wildman–Crippen MR) is 91.7 cm³/mol. The fraction of sp³-hybridized carbons (Fsp3) is 0.889. The van der Waals surface area contributed by atoms with Crippen LogP contribution in [0.2, 0.25) is 0 Å². The molecule has 1 N–H and O–H groups in total. The molecule has 2 rings (SSSR count). The van der Waals surface area contributed by atoms with Crippen LogP contribution >= 0.6 is 0 Å². The molecule has 0 bridgehead atoms. The maximum Gasteiger partial charge on any atom is 0.331 e. The normalized spacial score (nSPS) is 25.6. The van der Waals surface area contributed by atoms with Crippen LogP contribution in [0.1, 0.15) is 59.3 Å². The monoisotopic (exact) mass is 340 g/mol. The molecule has 2 fully saturated rings. The SMILES string of the molecule is CCCCOC(=O)[C@H]([C@@H](C)OCCCC)N1C[C@]2(CCCN2)C1=O. The van der Waals surface area contributed by atoms with Crippen molar-refractivity contribution in [1.82, 2.24) is 10.2 Å². The molecule has 24 heavy (non-hydrogen) atoms. The van der Waals surface area contributed by atoms with Crippen LogP contribution < -0.4 is 5.32 Å². The zero-order chi connectivity index (χ0) is 17.6. The average molecular weight is 340 g/mol. The number of carbonyl (C=O) groups excluding carboxylic acids is 2. The van der Waals surface area contributed by atoms with E-state index in [0.29, 0.717) is 19.8 Å². The van der Waals surface area contributed by atoms with E-state index in [4.69, 9.17) is 9.47 Å². The summed E-state index contributed by atoms with van der Waals surface area (Å²) in [4.78, 5) is 26.9. The molecule has 2 aliphatic rings. The van der Waals surface area contributed by atoms with Crippen molar-refractivity contribution in [3.8, 4) is 0 Å². The third-order valence-corrected chi connectivity index (χ3v) is 5.00. The summed E-state index contributed by atoms with van der Waals surface area (Å²) in [6.07, 6.45) is 5.29. The second-order valence-electron chi connectivity index (χ2n) is 6.94. The molecule has 2 heterocycles. The Kier molecular flexibility index (Phi) is 7.04. The minimum atomic E-state index is -0.640. The van der Waals surface area contributed by atoms with E-state index in [0.717, 1.165) is 45.1 Å². The first-order chi connectivity index (χ1) is 11.6. The zero-order valence-electron chi connectivity index (χ0n) is 15.3. The van der Waals surface area contributed by atoms with Crippen LogP contribution in [0.3, 0.4) is 0 Å². The zero-order valence-corrected chi connectivity index (χ0v) is 15.3. The summed E-state index contributed by atoms with van der Waals surface area (Å²) < 4.78 is 11.2. The van der Waals surface area contributed by atoms with Crippen molar-refractivity contribution < 1.29 is 19.1 Å². The van der Waals surface area contributed by atoms with Crippen molar-refractivity contribution in [3.05, 3.63) is 0 Å². The molecule has 6 nitrogen and oxygen atoms in total. The lowest BCUT2D eigenvalue weighted by molar-refractivity contribution is -0.175. The van der Waals surface area contributed by atoms with Gasteiger partial charge in [0.05, 0.1) is 12.7 Å². The van der Waals surface area contributed by atoms with Crippen molar-refractivity contribution >= 4 is 11.9 Å². The molecule has 0 unspecified atom stereocenters. The van der Waals surface area contributed by atoms with Gasteiger partial charge < -0.3 is 19.7 Å². The van der Waals surface area contributed by atoms with Gasteiger partial charge in [-0.1, -0.05) is 26.7 Å². The van der Waals surface area contributed by atoms with Gasteiger partial charge in [0.2, 0.25) is 5.91 Å². The smallest absolute Gasteiger partial charge is 0.331 e. The number of carbonyl (C=O) groups is 2. The maximum absolute atomic E-state index is 12.7. The van der Waals surface area contributed by atoms with Gasteiger partial charge in [-0.2, -0.15) is 0 Å². The lowest BCUT2D eigenvalue weighted by Gasteiger charge is -2.50. The number of amides is 1. The molecular weight excluding hydrogens is 308 g/mol. The highest BCUT2D eigenvalue weighted by Gasteiger charge is 2.57. The first-order valence-electron chi connectivity index (χ1n) is 9.40. The Balaban J connectivity index is 1.99. The molecule has 2 aliphatic heterocycles. The van der Waals surface area contributed by atoms with E-state index < -0.39 is 11.6 Å². The molecule has 2 saturated heterocycles. The summed E-state index contributed by atoms with van der Waals surface area (Å²) >= 11 is 0. The summed E-state index contributed by atoms with van der Waals surface area (Å²) in [7, 11) is 0. The fourth-order valence-corrected chi connectivity index (χ4v) is 3.44. The molecule has 3 atom stereocenters. The van der Waals surface area contributed by atoms with Gasteiger partial charge in [-0.25, -0.2) is 4.79 Å². The third-order valence-electron chi connectivity index (χ3n) is 5.00. The van der Waals surface area contributed by atoms with Crippen LogP contribution in [0.25, 0.3) is 0 Å². The number of hydrogen-bond acceptors (Lipinski definition) is 5. The number of rotatable bonds is 10. The van der Waals surface area contributed by atoms with Crippen LogP contribution in [0, 0.1) is 0 Å². The van der Waals surface area contributed by atoms with Gasteiger partial charge in [0, 0.05) is 13.2 Å². The predicted octanol–water partition coefficient (Wildman–Crippen LogP) is 1.87. The summed E-state index contributed by atoms with van der Waals surface area (Å²) in [5.41, 5.74) is -0.439. The van der Waals surface area contributed by atoms with Crippen molar-refractivity contribution in [2.24, 2.45) is 0 Å². The number of hydrogen-bond donors (Lipinski definition) is 1. The van der Waals surface area contributed by atoms with Gasteiger partial charge in [-0.3, -0.25) is 4.79 Å². The topological polar surface area (TPSA) is 67.9 Å². The summed E-state index contributed by atoms with van der Waals surface area (Å²) in [5, 5.41) is 3.30. The van der Waals surface area contributed by atoms with Crippen LogP contribution in [-0.4, -0.2) is 60.8 Å². The fourth-order valence-electron chi connectivity index (χ4n) is 3.44. The lowest BCUT2D eigenvalue weighted by atomic mass is 9.84. The Labute approximate surface area is 145 Å². The molecule has 0 aromatic heterocycles. The number of β-lactam (4-membered cyclic amide) rings is 1. The Bertz CT molecular complexity index is 435. The van der Waals surface area contributed by atoms with E-state index in [1.165, 1.54) is 0 Å². The number of nitrogens with zero attached hydrogens (tertiary/aromatic N) is 1. The average Bonchev–Trinajstić information content (AvgIpc) is 3.06. The highest BCUT2D eigenvalue weighted by Crippen LogP contribution is 2.34. The molecule has 0 aromatic carbocycles. The van der Waals surface area contributed by atoms with E-state index >= 15 is 0 Å². The largest absolute Gasteiger partial charge is 0.464 e. The van der Waals surface area contributed by atoms with Gasteiger partial charge >= 0.3 is 5.97 Å². The Hall–Kier alpha value is -1.14. The second kappa shape index (κ2) is 8.81. The number of unbranched alkanes of at least 4 members (excludes halogenated alkanes) is 2. The van der Waals surface area contributed by atoms with Crippen molar-refractivity contribution in [2.45, 2.75) is 77.0 Å². The quantitative estimate of drug-likeness (QED) is 0.373. The Morgan fingerprint density at radius 1 is 1.29 bits per heavy atom. The van der Waals surface area contributed by atoms with Crippen LogP contribution in [0.5, 0.6) is 0 Å². The summed E-state index contributed by atoms with van der Waals surface area (Å²) in [6, 6.07) is -0.640. The molecule has 6 heteroatoms. The van der Waals surface area contributed by atoms with E-state index in [1.54, 1.807) is 4.90 Å². The van der Waals surface area contributed by atoms with Gasteiger partial charge in [0.15, 0.2) is 6.04 Å². The van der Waals surface area contributed by atoms with Gasteiger partial charge in [0.25, 0.3) is 0 Å². The first kappa shape index (κ1) is 19.2. The van der Waals surface area contributed by atoms with Crippen molar-refractivity contribution in [3.63, 3.8) is 0 Å². The molecule has 1 amide bonds. The second-order valence-corrected chi connectivity index (χ2v) is 6.94. The van der Waals surface area contributed by atoms with E-state index in [9.17, 15) is 9.59 Å². The van der Waals surface area contributed by atoms with Gasteiger partial charge in [0.1, 0.15) is 5.54 Å². The molecule has 1 spiro atoms. The number of ether oxygens (including phenoxy) is 2. The minimum absolute atomic E-state index is 0.0170. The van der Waals surface area contributed by atoms with Crippen LogP contribution in [0.15, 0.2) is 0 Å². The van der Waals surface area contributed by atoms with E-state index in [-0.39, 0.29) is 18.0 Å². The first-order valence-corrected chi connectivity index (χ1v) is 9.40. The van der Waals surface area contributed by atoms with E-state index in [2.05, 4.69) is 19.2 Å².